The molecule has 0 spiro atoms. The van der Waals surface area contributed by atoms with Gasteiger partial charge >= 0.3 is 6.18 Å². The number of hydrogen-bond donors (Lipinski definition) is 0. The fourth-order valence-electron chi connectivity index (χ4n) is 0.588. The molecule has 12 heavy (non-hydrogen) atoms. The van der Waals surface area contributed by atoms with Gasteiger partial charge in [0.1, 0.15) is 6.42 Å². The standard InChI is InChI=1S/C5H4ClF3N2O/c6-2-3-10-4(12-11-3)1-5(7,8)9/h1-2H2. The molecule has 1 rings (SSSR count). The summed E-state index contributed by atoms with van der Waals surface area (Å²) in [6.07, 6.45) is -5.53. The van der Waals surface area contributed by atoms with Crippen LogP contribution >= 0.6 is 11.6 Å². The Labute approximate surface area is 70.5 Å². The zero-order valence-electron chi connectivity index (χ0n) is 5.73. The van der Waals surface area contributed by atoms with E-state index in [0.717, 1.165) is 0 Å². The molecule has 0 amide bonds. The molecule has 0 N–H and O–H groups in total. The van der Waals surface area contributed by atoms with E-state index in [1.54, 1.807) is 0 Å². The van der Waals surface area contributed by atoms with Gasteiger partial charge in [0.25, 0.3) is 0 Å². The molecular formula is C5H4ClF3N2O. The first-order valence-electron chi connectivity index (χ1n) is 2.95. The van der Waals surface area contributed by atoms with Crippen LogP contribution in [-0.4, -0.2) is 16.3 Å². The SMILES string of the molecule is FC(F)(F)Cc1nc(CCl)no1. The molecule has 0 saturated heterocycles. The predicted molar refractivity (Wildman–Crippen MR) is 33.6 cm³/mol. The van der Waals surface area contributed by atoms with Crippen molar-refractivity contribution < 1.29 is 17.7 Å². The highest BCUT2D eigenvalue weighted by molar-refractivity contribution is 6.16. The minimum absolute atomic E-state index is 0.0542. The number of nitrogens with zero attached hydrogens (tertiary/aromatic N) is 2. The van der Waals surface area contributed by atoms with Crippen LogP contribution in [0.1, 0.15) is 11.7 Å². The molecule has 0 radical (unpaired) electrons. The van der Waals surface area contributed by atoms with Crippen molar-refractivity contribution in [3.05, 3.63) is 11.7 Å². The second-order valence-corrected chi connectivity index (χ2v) is 2.30. The van der Waals surface area contributed by atoms with E-state index < -0.39 is 18.5 Å². The summed E-state index contributed by atoms with van der Waals surface area (Å²) in [7, 11) is 0. The van der Waals surface area contributed by atoms with Gasteiger partial charge in [0.05, 0.1) is 5.88 Å². The number of halogens is 4. The largest absolute Gasteiger partial charge is 0.397 e. The maximum absolute atomic E-state index is 11.7. The first kappa shape index (κ1) is 9.31. The Balaban J connectivity index is 2.64. The molecule has 3 nitrogen and oxygen atoms in total. The van der Waals surface area contributed by atoms with Crippen molar-refractivity contribution in [2.45, 2.75) is 18.5 Å². The zero-order valence-corrected chi connectivity index (χ0v) is 6.48. The Morgan fingerprint density at radius 2 is 2.08 bits per heavy atom. The molecule has 0 bridgehead atoms. The van der Waals surface area contributed by atoms with Gasteiger partial charge < -0.3 is 4.52 Å². The molecule has 0 unspecified atom stereocenters. The van der Waals surface area contributed by atoms with Gasteiger partial charge in [-0.05, 0) is 0 Å². The van der Waals surface area contributed by atoms with E-state index in [9.17, 15) is 13.2 Å². The molecule has 0 aromatic carbocycles. The van der Waals surface area contributed by atoms with Crippen molar-refractivity contribution in [2.24, 2.45) is 0 Å². The molecule has 0 aliphatic carbocycles. The first-order chi connectivity index (χ1) is 5.51. The van der Waals surface area contributed by atoms with Crippen LogP contribution in [0.4, 0.5) is 13.2 Å². The fourth-order valence-corrected chi connectivity index (χ4v) is 0.696. The molecule has 1 heterocycles. The van der Waals surface area contributed by atoms with Crippen LogP contribution in [0.5, 0.6) is 0 Å². The Morgan fingerprint density at radius 3 is 2.50 bits per heavy atom. The van der Waals surface area contributed by atoms with Crippen LogP contribution < -0.4 is 0 Å². The lowest BCUT2D eigenvalue weighted by atomic mass is 10.4. The van der Waals surface area contributed by atoms with Gasteiger partial charge in [-0.25, -0.2) is 0 Å². The second-order valence-electron chi connectivity index (χ2n) is 2.03. The Kier molecular flexibility index (Phi) is 2.56. The molecular weight excluding hydrogens is 197 g/mol. The average Bonchev–Trinajstić information content (AvgIpc) is 2.32. The lowest BCUT2D eigenvalue weighted by Gasteiger charge is -1.99. The van der Waals surface area contributed by atoms with Crippen LogP contribution in [-0.2, 0) is 12.3 Å². The zero-order chi connectivity index (χ0) is 9.19. The smallest absolute Gasteiger partial charge is 0.339 e. The summed E-state index contributed by atoms with van der Waals surface area (Å²) >= 11 is 5.25. The maximum Gasteiger partial charge on any atom is 0.397 e. The van der Waals surface area contributed by atoms with E-state index in [1.165, 1.54) is 0 Å². The highest BCUT2D eigenvalue weighted by Gasteiger charge is 2.30. The Bertz CT molecular complexity index is 259. The lowest BCUT2D eigenvalue weighted by molar-refractivity contribution is -0.131. The molecule has 0 aliphatic heterocycles. The van der Waals surface area contributed by atoms with Gasteiger partial charge in [-0.15, -0.1) is 11.6 Å². The van der Waals surface area contributed by atoms with Crippen LogP contribution in [0.3, 0.4) is 0 Å². The van der Waals surface area contributed by atoms with Gasteiger partial charge in [0.15, 0.2) is 5.82 Å². The first-order valence-corrected chi connectivity index (χ1v) is 3.49. The van der Waals surface area contributed by atoms with Gasteiger partial charge in [-0.3, -0.25) is 0 Å². The van der Waals surface area contributed by atoms with E-state index in [4.69, 9.17) is 11.6 Å². The molecule has 0 aliphatic rings. The summed E-state index contributed by atoms with van der Waals surface area (Å²) in [4.78, 5) is 3.38. The average molecular weight is 201 g/mol. The third kappa shape index (κ3) is 2.69. The van der Waals surface area contributed by atoms with Crippen LogP contribution in [0.25, 0.3) is 0 Å². The summed E-state index contributed by atoms with van der Waals surface area (Å²) in [5.74, 6) is -0.449. The van der Waals surface area contributed by atoms with E-state index in [1.807, 2.05) is 0 Å². The summed E-state index contributed by atoms with van der Waals surface area (Å²) in [5.41, 5.74) is 0. The van der Waals surface area contributed by atoms with E-state index >= 15 is 0 Å². The number of rotatable bonds is 2. The van der Waals surface area contributed by atoms with Crippen LogP contribution in [0, 0.1) is 0 Å². The summed E-state index contributed by atoms with van der Waals surface area (Å²) in [6.45, 7) is 0. The molecule has 0 saturated carbocycles. The van der Waals surface area contributed by atoms with Crippen molar-refractivity contribution in [3.8, 4) is 0 Å². The Hall–Kier alpha value is -0.780. The highest BCUT2D eigenvalue weighted by Crippen LogP contribution is 2.20. The molecule has 7 heteroatoms. The van der Waals surface area contributed by atoms with Crippen LogP contribution in [0.2, 0.25) is 0 Å². The third-order valence-electron chi connectivity index (χ3n) is 0.981. The molecule has 1 aromatic heterocycles. The van der Waals surface area contributed by atoms with E-state index in [-0.39, 0.29) is 11.7 Å². The van der Waals surface area contributed by atoms with Crippen molar-refractivity contribution in [3.63, 3.8) is 0 Å². The van der Waals surface area contributed by atoms with Crippen LogP contribution in [0.15, 0.2) is 4.52 Å². The molecule has 0 atom stereocenters. The number of hydrogen-bond acceptors (Lipinski definition) is 3. The lowest BCUT2D eigenvalue weighted by Crippen LogP contribution is -2.11. The topological polar surface area (TPSA) is 38.9 Å². The van der Waals surface area contributed by atoms with E-state index in [0.29, 0.717) is 0 Å². The summed E-state index contributed by atoms with van der Waals surface area (Å²) in [6, 6.07) is 0. The Morgan fingerprint density at radius 1 is 1.42 bits per heavy atom. The summed E-state index contributed by atoms with van der Waals surface area (Å²) < 4.78 is 39.3. The minimum atomic E-state index is -4.32. The van der Waals surface area contributed by atoms with Gasteiger partial charge in [0.2, 0.25) is 5.89 Å². The van der Waals surface area contributed by atoms with Crippen molar-refractivity contribution in [2.75, 3.05) is 0 Å². The predicted octanol–water partition coefficient (Wildman–Crippen LogP) is 1.91. The van der Waals surface area contributed by atoms with Gasteiger partial charge in [-0.1, -0.05) is 5.16 Å². The van der Waals surface area contributed by atoms with Crippen molar-refractivity contribution in [1.29, 1.82) is 0 Å². The normalized spacial score (nSPS) is 12.0. The second kappa shape index (κ2) is 3.30. The molecule has 68 valence electrons. The third-order valence-corrected chi connectivity index (χ3v) is 1.22. The fraction of sp³-hybridized carbons (Fsp3) is 0.600. The maximum atomic E-state index is 11.7. The van der Waals surface area contributed by atoms with E-state index in [2.05, 4.69) is 14.7 Å². The summed E-state index contributed by atoms with van der Waals surface area (Å²) in [5, 5.41) is 3.20. The monoisotopic (exact) mass is 200 g/mol. The van der Waals surface area contributed by atoms with Gasteiger partial charge in [-0.2, -0.15) is 18.2 Å². The number of aromatic nitrogens is 2. The minimum Gasteiger partial charge on any atom is -0.339 e. The van der Waals surface area contributed by atoms with Crippen molar-refractivity contribution in [1.82, 2.24) is 10.1 Å². The van der Waals surface area contributed by atoms with Gasteiger partial charge in [0, 0.05) is 0 Å². The highest BCUT2D eigenvalue weighted by atomic mass is 35.5. The van der Waals surface area contributed by atoms with Crippen molar-refractivity contribution >= 4 is 11.6 Å². The molecule has 1 aromatic rings. The molecule has 0 fully saturated rings. The number of alkyl halides is 4. The quantitative estimate of drug-likeness (QED) is 0.685.